The number of ether oxygens (including phenoxy) is 1. The van der Waals surface area contributed by atoms with E-state index >= 15 is 0 Å². The highest BCUT2D eigenvalue weighted by molar-refractivity contribution is 5.88. The lowest BCUT2D eigenvalue weighted by Gasteiger charge is -2.35. The number of hydrogen-bond donors (Lipinski definition) is 0. The van der Waals surface area contributed by atoms with E-state index in [9.17, 15) is 4.79 Å². The van der Waals surface area contributed by atoms with Crippen LogP contribution in [0.3, 0.4) is 0 Å². The first kappa shape index (κ1) is 17.2. The topological polar surface area (TPSA) is 42.4 Å². The first-order valence-corrected chi connectivity index (χ1v) is 10.1. The van der Waals surface area contributed by atoms with Crippen molar-refractivity contribution < 1.29 is 9.53 Å². The second-order valence-corrected chi connectivity index (χ2v) is 7.88. The Balaban J connectivity index is 1.32. The van der Waals surface area contributed by atoms with Gasteiger partial charge in [0.25, 0.3) is 0 Å². The van der Waals surface area contributed by atoms with Crippen LogP contribution in [-0.2, 0) is 4.79 Å². The number of fused-ring (bicyclic) bond motifs is 2. The molecule has 2 aliphatic rings. The zero-order valence-electron chi connectivity index (χ0n) is 16.1. The summed E-state index contributed by atoms with van der Waals surface area (Å²) in [5, 5.41) is 1.17. The smallest absolute Gasteiger partial charge is 0.222 e. The van der Waals surface area contributed by atoms with Gasteiger partial charge in [-0.3, -0.25) is 9.78 Å². The molecule has 2 fully saturated rings. The van der Waals surface area contributed by atoms with Gasteiger partial charge in [-0.05, 0) is 48.2 Å². The highest BCUT2D eigenvalue weighted by Gasteiger charge is 2.36. The Kier molecular flexibility index (Phi) is 4.27. The average Bonchev–Trinajstić information content (AvgIpc) is 3.09. The lowest BCUT2D eigenvalue weighted by Crippen LogP contribution is -2.43. The van der Waals surface area contributed by atoms with Crippen molar-refractivity contribution in [1.29, 1.82) is 0 Å². The second kappa shape index (κ2) is 6.93. The van der Waals surface area contributed by atoms with E-state index in [1.54, 1.807) is 0 Å². The van der Waals surface area contributed by atoms with Crippen LogP contribution in [0.15, 0.2) is 54.7 Å². The zero-order chi connectivity index (χ0) is 19.1. The van der Waals surface area contributed by atoms with Crippen molar-refractivity contribution in [3.05, 3.63) is 60.3 Å². The van der Waals surface area contributed by atoms with Crippen molar-refractivity contribution in [1.82, 2.24) is 9.88 Å². The van der Waals surface area contributed by atoms with E-state index in [1.165, 1.54) is 22.1 Å². The molecule has 2 saturated heterocycles. The number of carbonyl (C=O) groups excluding carboxylic acids is 1. The van der Waals surface area contributed by atoms with Crippen LogP contribution >= 0.6 is 0 Å². The number of piperidine rings is 1. The second-order valence-electron chi connectivity index (χ2n) is 7.88. The van der Waals surface area contributed by atoms with Crippen LogP contribution < -0.4 is 4.74 Å². The van der Waals surface area contributed by atoms with Gasteiger partial charge in [-0.25, -0.2) is 0 Å². The minimum atomic E-state index is 0.199. The van der Waals surface area contributed by atoms with Crippen LogP contribution in [-0.4, -0.2) is 34.5 Å². The minimum absolute atomic E-state index is 0.199. The van der Waals surface area contributed by atoms with E-state index in [2.05, 4.69) is 54.4 Å². The normalized spacial score (nSPS) is 21.8. The SMILES string of the molecule is Cc1c(-c2ccc(O[C@@H]3CCN4C(=O)CC[C@H]4C3)cc2)ccc2cccnc12. The van der Waals surface area contributed by atoms with Crippen LogP contribution in [0.2, 0.25) is 0 Å². The fourth-order valence-electron chi connectivity index (χ4n) is 4.67. The van der Waals surface area contributed by atoms with Crippen molar-refractivity contribution in [3.8, 4) is 16.9 Å². The Labute approximate surface area is 165 Å². The molecule has 28 heavy (non-hydrogen) atoms. The molecule has 3 heterocycles. The summed E-state index contributed by atoms with van der Waals surface area (Å²) in [4.78, 5) is 18.4. The van der Waals surface area contributed by atoms with Crippen molar-refractivity contribution in [2.24, 2.45) is 0 Å². The molecule has 0 bridgehead atoms. The number of aromatic nitrogens is 1. The number of aryl methyl sites for hydroxylation is 1. The predicted molar refractivity (Wildman–Crippen MR) is 110 cm³/mol. The van der Waals surface area contributed by atoms with E-state index in [0.29, 0.717) is 18.4 Å². The van der Waals surface area contributed by atoms with Crippen LogP contribution in [0.5, 0.6) is 5.75 Å². The maximum absolute atomic E-state index is 11.8. The number of pyridine rings is 1. The summed E-state index contributed by atoms with van der Waals surface area (Å²) < 4.78 is 6.24. The van der Waals surface area contributed by atoms with Crippen molar-refractivity contribution in [2.45, 2.75) is 44.8 Å². The molecule has 0 unspecified atom stereocenters. The third-order valence-electron chi connectivity index (χ3n) is 6.18. The largest absolute Gasteiger partial charge is 0.490 e. The highest BCUT2D eigenvalue weighted by atomic mass is 16.5. The zero-order valence-corrected chi connectivity index (χ0v) is 16.1. The molecular weight excluding hydrogens is 348 g/mol. The molecule has 4 heteroatoms. The molecule has 0 N–H and O–H groups in total. The van der Waals surface area contributed by atoms with Gasteiger partial charge in [0, 0.05) is 43.4 Å². The van der Waals surface area contributed by atoms with Crippen LogP contribution in [0.25, 0.3) is 22.0 Å². The summed E-state index contributed by atoms with van der Waals surface area (Å²) in [6, 6.07) is 17.1. The molecule has 0 aliphatic carbocycles. The monoisotopic (exact) mass is 372 g/mol. The van der Waals surface area contributed by atoms with Crippen molar-refractivity contribution in [2.75, 3.05) is 6.54 Å². The number of carbonyl (C=O) groups is 1. The van der Waals surface area contributed by atoms with Gasteiger partial charge in [0.2, 0.25) is 5.91 Å². The van der Waals surface area contributed by atoms with Gasteiger partial charge in [0.15, 0.2) is 0 Å². The summed E-state index contributed by atoms with van der Waals surface area (Å²) in [7, 11) is 0. The molecule has 4 nitrogen and oxygen atoms in total. The Morgan fingerprint density at radius 1 is 1.07 bits per heavy atom. The molecule has 142 valence electrons. The molecule has 0 spiro atoms. The molecule has 2 atom stereocenters. The number of benzene rings is 2. The van der Waals surface area contributed by atoms with E-state index < -0.39 is 0 Å². The van der Waals surface area contributed by atoms with Crippen LogP contribution in [0.4, 0.5) is 0 Å². The van der Waals surface area contributed by atoms with Crippen LogP contribution in [0.1, 0.15) is 31.2 Å². The standard InChI is InChI=1S/C24H24N2O2/c1-16-22(10-6-18-3-2-13-25-24(16)18)17-4-8-20(9-5-17)28-21-12-14-26-19(15-21)7-11-23(26)27/h2-6,8-10,13,19,21H,7,11-12,14-15H2,1H3/t19-,21+/m0/s1. The van der Waals surface area contributed by atoms with Crippen molar-refractivity contribution >= 4 is 16.8 Å². The van der Waals surface area contributed by atoms with Gasteiger partial charge in [-0.15, -0.1) is 0 Å². The first-order chi connectivity index (χ1) is 13.7. The van der Waals surface area contributed by atoms with Gasteiger partial charge in [-0.1, -0.05) is 30.3 Å². The molecule has 2 aliphatic heterocycles. The summed E-state index contributed by atoms with van der Waals surface area (Å²) in [6.07, 6.45) is 5.59. The van der Waals surface area contributed by atoms with E-state index in [1.807, 2.05) is 17.2 Å². The van der Waals surface area contributed by atoms with E-state index in [4.69, 9.17) is 4.74 Å². The minimum Gasteiger partial charge on any atom is -0.490 e. The fourth-order valence-corrected chi connectivity index (χ4v) is 4.67. The maximum Gasteiger partial charge on any atom is 0.222 e. The van der Waals surface area contributed by atoms with Crippen molar-refractivity contribution in [3.63, 3.8) is 0 Å². The average molecular weight is 372 g/mol. The Morgan fingerprint density at radius 3 is 2.79 bits per heavy atom. The van der Waals surface area contributed by atoms with E-state index in [-0.39, 0.29) is 6.10 Å². The number of rotatable bonds is 3. The quantitative estimate of drug-likeness (QED) is 0.667. The molecule has 1 amide bonds. The summed E-state index contributed by atoms with van der Waals surface area (Å²) in [6.45, 7) is 2.96. The molecule has 1 aromatic heterocycles. The third kappa shape index (κ3) is 3.03. The lowest BCUT2D eigenvalue weighted by molar-refractivity contribution is -0.130. The Hall–Kier alpha value is -2.88. The highest BCUT2D eigenvalue weighted by Crippen LogP contribution is 2.32. The van der Waals surface area contributed by atoms with Gasteiger partial charge < -0.3 is 9.64 Å². The Morgan fingerprint density at radius 2 is 1.93 bits per heavy atom. The van der Waals surface area contributed by atoms with Gasteiger partial charge in [0.05, 0.1) is 5.52 Å². The van der Waals surface area contributed by atoms with Gasteiger partial charge in [0.1, 0.15) is 11.9 Å². The molecule has 3 aromatic rings. The summed E-state index contributed by atoms with van der Waals surface area (Å²) in [5.41, 5.74) is 4.63. The summed E-state index contributed by atoms with van der Waals surface area (Å²) >= 11 is 0. The van der Waals surface area contributed by atoms with Gasteiger partial charge in [-0.2, -0.15) is 0 Å². The van der Waals surface area contributed by atoms with E-state index in [0.717, 1.165) is 37.1 Å². The molecule has 5 rings (SSSR count). The molecule has 0 saturated carbocycles. The number of nitrogens with zero attached hydrogens (tertiary/aromatic N) is 2. The maximum atomic E-state index is 11.8. The Bertz CT molecular complexity index is 1030. The summed E-state index contributed by atoms with van der Waals surface area (Å²) in [5.74, 6) is 1.22. The van der Waals surface area contributed by atoms with Gasteiger partial charge >= 0.3 is 0 Å². The lowest BCUT2D eigenvalue weighted by atomic mass is 9.97. The number of hydrogen-bond acceptors (Lipinski definition) is 3. The predicted octanol–water partition coefficient (Wildman–Crippen LogP) is 4.74. The molecular formula is C24H24N2O2. The van der Waals surface area contributed by atoms with Crippen LogP contribution in [0, 0.1) is 6.92 Å². The number of amides is 1. The molecule has 0 radical (unpaired) electrons. The first-order valence-electron chi connectivity index (χ1n) is 10.1. The third-order valence-corrected chi connectivity index (χ3v) is 6.18. The molecule has 2 aromatic carbocycles. The fraction of sp³-hybridized carbons (Fsp3) is 0.333.